The van der Waals surface area contributed by atoms with E-state index in [1.807, 2.05) is 17.0 Å². The molecule has 3 N–H and O–H groups in total. The third-order valence-electron chi connectivity index (χ3n) is 4.82. The van der Waals surface area contributed by atoms with E-state index in [9.17, 15) is 8.42 Å². The lowest BCUT2D eigenvalue weighted by atomic mass is 10.2. The summed E-state index contributed by atoms with van der Waals surface area (Å²) in [6.07, 6.45) is 3.29. The Labute approximate surface area is 168 Å². The topological polar surface area (TPSA) is 134 Å². The number of aromatic nitrogens is 5. The van der Waals surface area contributed by atoms with Crippen LogP contribution >= 0.6 is 0 Å². The molecule has 0 saturated carbocycles. The van der Waals surface area contributed by atoms with Crippen molar-refractivity contribution in [1.82, 2.24) is 29.5 Å². The molecule has 10 nitrogen and oxygen atoms in total. The summed E-state index contributed by atoms with van der Waals surface area (Å²) >= 11 is 0. The Morgan fingerprint density at radius 3 is 2.66 bits per heavy atom. The van der Waals surface area contributed by atoms with Gasteiger partial charge in [-0.3, -0.25) is 10.1 Å². The van der Waals surface area contributed by atoms with Gasteiger partial charge < -0.3 is 10.6 Å². The third kappa shape index (κ3) is 4.05. The molecule has 1 aromatic carbocycles. The molecule has 3 heterocycles. The largest absolute Gasteiger partial charge is 0.399 e. The van der Waals surface area contributed by atoms with E-state index >= 15 is 0 Å². The van der Waals surface area contributed by atoms with E-state index in [4.69, 9.17) is 5.73 Å². The highest BCUT2D eigenvalue weighted by atomic mass is 32.2. The number of hydrogen-bond donors (Lipinski definition) is 2. The van der Waals surface area contributed by atoms with Crippen LogP contribution in [-0.4, -0.2) is 69.8 Å². The lowest BCUT2D eigenvalue weighted by Crippen LogP contribution is -2.49. The molecular weight excluding hydrogens is 392 g/mol. The third-order valence-corrected chi connectivity index (χ3v) is 6.70. The second kappa shape index (κ2) is 7.76. The number of nitrogens with one attached hydrogen (secondary N) is 1. The summed E-state index contributed by atoms with van der Waals surface area (Å²) in [6.45, 7) is 3.64. The van der Waals surface area contributed by atoms with Crippen molar-refractivity contribution in [2.75, 3.05) is 42.6 Å². The second-order valence-corrected chi connectivity index (χ2v) is 8.94. The van der Waals surface area contributed by atoms with Gasteiger partial charge in [-0.2, -0.15) is 9.40 Å². The highest BCUT2D eigenvalue weighted by Gasteiger charge is 2.26. The Hall–Kier alpha value is -3.05. The quantitative estimate of drug-likeness (QED) is 0.590. The van der Waals surface area contributed by atoms with Crippen LogP contribution in [0.2, 0.25) is 0 Å². The molecule has 1 aliphatic heterocycles. The molecule has 0 unspecified atom stereocenters. The molecule has 3 aromatic rings. The van der Waals surface area contributed by atoms with Crippen LogP contribution in [-0.2, 0) is 10.0 Å². The van der Waals surface area contributed by atoms with Crippen LogP contribution in [0.25, 0.3) is 22.9 Å². The summed E-state index contributed by atoms with van der Waals surface area (Å²) in [5.74, 6) is 1.82. The number of anilines is 2. The predicted octanol–water partition coefficient (Wildman–Crippen LogP) is 0.983. The molecular formula is C18H22N8O2S. The first-order valence-corrected chi connectivity index (χ1v) is 10.9. The average Bonchev–Trinajstić information content (AvgIpc) is 3.24. The fraction of sp³-hybridized carbons (Fsp3) is 0.333. The number of hydrogen-bond acceptors (Lipinski definition) is 8. The van der Waals surface area contributed by atoms with Gasteiger partial charge in [0, 0.05) is 37.4 Å². The highest BCUT2D eigenvalue weighted by Crippen LogP contribution is 2.22. The maximum absolute atomic E-state index is 12.0. The Bertz CT molecular complexity index is 1110. The summed E-state index contributed by atoms with van der Waals surface area (Å²) in [5.41, 5.74) is 7.84. The van der Waals surface area contributed by atoms with E-state index in [-0.39, 0.29) is 5.75 Å². The normalized spacial score (nSPS) is 15.6. The summed E-state index contributed by atoms with van der Waals surface area (Å²) < 4.78 is 25.6. The summed E-state index contributed by atoms with van der Waals surface area (Å²) in [4.78, 5) is 15.4. The molecule has 0 spiro atoms. The van der Waals surface area contributed by atoms with Crippen molar-refractivity contribution in [3.63, 3.8) is 0 Å². The first kappa shape index (κ1) is 19.3. The number of rotatable bonds is 5. The van der Waals surface area contributed by atoms with E-state index in [2.05, 4.69) is 25.1 Å². The van der Waals surface area contributed by atoms with Crippen LogP contribution < -0.4 is 10.6 Å². The minimum atomic E-state index is -3.17. The zero-order valence-corrected chi connectivity index (χ0v) is 16.8. The minimum Gasteiger partial charge on any atom is -0.399 e. The van der Waals surface area contributed by atoms with Crippen molar-refractivity contribution in [2.24, 2.45) is 0 Å². The number of nitrogens with zero attached hydrogens (tertiary/aromatic N) is 6. The number of piperazine rings is 1. The van der Waals surface area contributed by atoms with E-state index in [1.165, 1.54) is 4.31 Å². The van der Waals surface area contributed by atoms with Crippen molar-refractivity contribution in [2.45, 2.75) is 6.92 Å². The van der Waals surface area contributed by atoms with E-state index in [1.54, 1.807) is 31.5 Å². The number of sulfonamides is 1. The van der Waals surface area contributed by atoms with Gasteiger partial charge in [0.15, 0.2) is 11.6 Å². The lowest BCUT2D eigenvalue weighted by Gasteiger charge is -2.34. The van der Waals surface area contributed by atoms with Gasteiger partial charge in [-0.15, -0.1) is 0 Å². The molecule has 4 rings (SSSR count). The van der Waals surface area contributed by atoms with Gasteiger partial charge >= 0.3 is 0 Å². The van der Waals surface area contributed by atoms with Gasteiger partial charge in [-0.05, 0) is 19.1 Å². The highest BCUT2D eigenvalue weighted by molar-refractivity contribution is 7.89. The Morgan fingerprint density at radius 1 is 1.14 bits per heavy atom. The molecule has 0 atom stereocenters. The predicted molar refractivity (Wildman–Crippen MR) is 111 cm³/mol. The smallest absolute Gasteiger partial charge is 0.213 e. The van der Waals surface area contributed by atoms with Crippen LogP contribution in [0.5, 0.6) is 0 Å². The van der Waals surface area contributed by atoms with Crippen LogP contribution in [0.3, 0.4) is 0 Å². The molecule has 29 heavy (non-hydrogen) atoms. The number of aromatic amines is 1. The zero-order valence-electron chi connectivity index (χ0n) is 16.0. The van der Waals surface area contributed by atoms with Crippen LogP contribution in [0.15, 0.2) is 36.7 Å². The maximum Gasteiger partial charge on any atom is 0.213 e. The van der Waals surface area contributed by atoms with Gasteiger partial charge in [0.05, 0.1) is 18.1 Å². The Kier molecular flexibility index (Phi) is 5.16. The van der Waals surface area contributed by atoms with Crippen molar-refractivity contribution in [1.29, 1.82) is 0 Å². The summed E-state index contributed by atoms with van der Waals surface area (Å²) in [5, 5.41) is 7.14. The molecule has 0 bridgehead atoms. The summed E-state index contributed by atoms with van der Waals surface area (Å²) in [7, 11) is -3.17. The van der Waals surface area contributed by atoms with Gasteiger partial charge in [0.2, 0.25) is 10.0 Å². The average molecular weight is 414 g/mol. The SMILES string of the molecule is CCS(=O)(=O)N1CCN(c2cncc(-c3nc(-c4cccc(N)c4)n[nH]3)n2)CC1. The van der Waals surface area contributed by atoms with E-state index in [0.717, 1.165) is 5.56 Å². The number of H-pyrrole nitrogens is 1. The zero-order chi connectivity index (χ0) is 20.4. The van der Waals surface area contributed by atoms with Crippen molar-refractivity contribution in [3.05, 3.63) is 36.7 Å². The standard InChI is InChI=1S/C18H22N8O2S/c1-2-29(27,28)26-8-6-25(7-9-26)16-12-20-11-15(21-16)18-22-17(23-24-18)13-4-3-5-14(19)10-13/h3-5,10-12H,2,6-9,19H2,1H3,(H,22,23,24). The first-order chi connectivity index (χ1) is 14.0. The molecule has 0 amide bonds. The molecule has 0 radical (unpaired) electrons. The fourth-order valence-corrected chi connectivity index (χ4v) is 4.27. The van der Waals surface area contributed by atoms with Gasteiger partial charge in [-0.1, -0.05) is 12.1 Å². The molecule has 0 aliphatic carbocycles. The van der Waals surface area contributed by atoms with Crippen LogP contribution in [0, 0.1) is 0 Å². The molecule has 1 saturated heterocycles. The number of nitrogens with two attached hydrogens (primary N) is 1. The molecule has 2 aromatic heterocycles. The Balaban J connectivity index is 1.52. The van der Waals surface area contributed by atoms with Crippen molar-refractivity contribution < 1.29 is 8.42 Å². The Morgan fingerprint density at radius 2 is 1.93 bits per heavy atom. The van der Waals surface area contributed by atoms with Gasteiger partial charge in [-0.25, -0.2) is 18.4 Å². The fourth-order valence-electron chi connectivity index (χ4n) is 3.18. The van der Waals surface area contributed by atoms with Gasteiger partial charge in [0.1, 0.15) is 11.5 Å². The van der Waals surface area contributed by atoms with E-state index < -0.39 is 10.0 Å². The van der Waals surface area contributed by atoms with Crippen molar-refractivity contribution in [3.8, 4) is 22.9 Å². The van der Waals surface area contributed by atoms with Gasteiger partial charge in [0.25, 0.3) is 0 Å². The number of nitrogen functional groups attached to an aromatic ring is 1. The molecule has 11 heteroatoms. The number of benzene rings is 1. The van der Waals surface area contributed by atoms with E-state index in [0.29, 0.717) is 55.0 Å². The minimum absolute atomic E-state index is 0.114. The molecule has 1 fully saturated rings. The summed E-state index contributed by atoms with van der Waals surface area (Å²) in [6, 6.07) is 7.34. The second-order valence-electron chi connectivity index (χ2n) is 6.68. The molecule has 152 valence electrons. The van der Waals surface area contributed by atoms with Crippen LogP contribution in [0.4, 0.5) is 11.5 Å². The first-order valence-electron chi connectivity index (χ1n) is 9.30. The van der Waals surface area contributed by atoms with Crippen molar-refractivity contribution >= 4 is 21.5 Å². The molecule has 1 aliphatic rings. The van der Waals surface area contributed by atoms with Crippen LogP contribution in [0.1, 0.15) is 6.92 Å². The maximum atomic E-state index is 12.0. The monoisotopic (exact) mass is 414 g/mol. The lowest BCUT2D eigenvalue weighted by molar-refractivity contribution is 0.384.